The van der Waals surface area contributed by atoms with Crippen molar-refractivity contribution in [2.75, 3.05) is 11.9 Å². The van der Waals surface area contributed by atoms with Gasteiger partial charge in [-0.2, -0.15) is 5.10 Å². The van der Waals surface area contributed by atoms with Gasteiger partial charge in [-0.15, -0.1) is 0 Å². The van der Waals surface area contributed by atoms with Crippen LogP contribution in [0.1, 0.15) is 20.8 Å². The molecule has 1 aromatic heterocycles. The highest BCUT2D eigenvalue weighted by atomic mass is 79.9. The smallest absolute Gasteiger partial charge is 0.328 e. The molecule has 0 aliphatic carbocycles. The van der Waals surface area contributed by atoms with Gasteiger partial charge >= 0.3 is 5.97 Å². The van der Waals surface area contributed by atoms with Crippen LogP contribution in [0.15, 0.2) is 15.5 Å². The monoisotopic (exact) mass is 317 g/mol. The van der Waals surface area contributed by atoms with E-state index in [0.29, 0.717) is 23.3 Å². The molecule has 0 radical (unpaired) electrons. The second kappa shape index (κ2) is 6.53. The van der Waals surface area contributed by atoms with E-state index >= 15 is 0 Å². The Labute approximate surface area is 113 Å². The van der Waals surface area contributed by atoms with Crippen LogP contribution >= 0.6 is 15.9 Å². The summed E-state index contributed by atoms with van der Waals surface area (Å²) in [5, 5.41) is 6.87. The average Bonchev–Trinajstić information content (AvgIpc) is 2.35. The molecule has 1 N–H and O–H groups in total. The Kier molecular flexibility index (Phi) is 5.33. The number of carbonyl (C=O) groups is 1. The Hall–Kier alpha value is -1.37. The van der Waals surface area contributed by atoms with E-state index in [1.54, 1.807) is 13.8 Å². The molecule has 0 saturated carbocycles. The number of aryl methyl sites for hydroxylation is 1. The van der Waals surface area contributed by atoms with Crippen molar-refractivity contribution in [3.05, 3.63) is 21.0 Å². The molecule has 0 spiro atoms. The van der Waals surface area contributed by atoms with Gasteiger partial charge in [-0.1, -0.05) is 0 Å². The number of ether oxygens (including phenoxy) is 1. The first-order chi connectivity index (χ1) is 8.51. The van der Waals surface area contributed by atoms with Crippen LogP contribution in [0.5, 0.6) is 0 Å². The van der Waals surface area contributed by atoms with E-state index in [0.717, 1.165) is 0 Å². The number of nitrogens with one attached hydrogen (secondary N) is 1. The third kappa shape index (κ3) is 3.32. The largest absolute Gasteiger partial charge is 0.464 e. The third-order valence-electron chi connectivity index (χ3n) is 2.30. The van der Waals surface area contributed by atoms with E-state index in [1.807, 2.05) is 6.92 Å². The highest BCUT2D eigenvalue weighted by molar-refractivity contribution is 9.10. The molecule has 1 atom stereocenters. The van der Waals surface area contributed by atoms with Gasteiger partial charge in [0.2, 0.25) is 0 Å². The molecule has 0 saturated heterocycles. The molecule has 1 rings (SSSR count). The maximum absolute atomic E-state index is 11.8. The molecule has 18 heavy (non-hydrogen) atoms. The van der Waals surface area contributed by atoms with Gasteiger partial charge < -0.3 is 10.1 Å². The summed E-state index contributed by atoms with van der Waals surface area (Å²) in [6.07, 6.45) is 1.50. The molecule has 0 aliphatic heterocycles. The lowest BCUT2D eigenvalue weighted by Crippen LogP contribution is -2.30. The molecule has 0 aromatic carbocycles. The van der Waals surface area contributed by atoms with Crippen molar-refractivity contribution in [3.63, 3.8) is 0 Å². The topological polar surface area (TPSA) is 73.2 Å². The minimum Gasteiger partial charge on any atom is -0.464 e. The first kappa shape index (κ1) is 14.7. The quantitative estimate of drug-likeness (QED) is 0.831. The van der Waals surface area contributed by atoms with Crippen LogP contribution in [-0.4, -0.2) is 28.4 Å². The van der Waals surface area contributed by atoms with Crippen molar-refractivity contribution in [1.29, 1.82) is 0 Å². The number of hydrogen-bond donors (Lipinski definition) is 1. The zero-order valence-corrected chi connectivity index (χ0v) is 12.2. The molecule has 7 heteroatoms. The van der Waals surface area contributed by atoms with Gasteiger partial charge in [-0.3, -0.25) is 4.79 Å². The van der Waals surface area contributed by atoms with Gasteiger partial charge in [0.15, 0.2) is 0 Å². The van der Waals surface area contributed by atoms with Gasteiger partial charge in [0.25, 0.3) is 5.56 Å². The van der Waals surface area contributed by atoms with Gasteiger partial charge in [0.1, 0.15) is 10.5 Å². The second-order valence-electron chi connectivity index (χ2n) is 3.61. The third-order valence-corrected chi connectivity index (χ3v) is 3.06. The summed E-state index contributed by atoms with van der Waals surface area (Å²) in [6, 6.07) is -0.542. The summed E-state index contributed by atoms with van der Waals surface area (Å²) in [6.45, 7) is 6.04. The Morgan fingerprint density at radius 1 is 1.61 bits per heavy atom. The maximum atomic E-state index is 11.8. The molecular formula is C11H16BrN3O3. The lowest BCUT2D eigenvalue weighted by atomic mass is 10.3. The van der Waals surface area contributed by atoms with Crippen LogP contribution in [0, 0.1) is 0 Å². The van der Waals surface area contributed by atoms with Crippen molar-refractivity contribution in [2.24, 2.45) is 0 Å². The molecule has 1 unspecified atom stereocenters. The number of rotatable bonds is 5. The van der Waals surface area contributed by atoms with Crippen LogP contribution in [-0.2, 0) is 16.1 Å². The Balaban J connectivity index is 2.89. The molecular weight excluding hydrogens is 302 g/mol. The van der Waals surface area contributed by atoms with E-state index in [9.17, 15) is 9.59 Å². The summed E-state index contributed by atoms with van der Waals surface area (Å²) < 4.78 is 6.55. The number of nitrogens with zero attached hydrogens (tertiary/aromatic N) is 2. The normalized spacial score (nSPS) is 12.0. The van der Waals surface area contributed by atoms with Gasteiger partial charge in [-0.25, -0.2) is 9.48 Å². The molecule has 1 heterocycles. The van der Waals surface area contributed by atoms with Crippen molar-refractivity contribution < 1.29 is 9.53 Å². The predicted octanol–water partition coefficient (Wildman–Crippen LogP) is 1.39. The fourth-order valence-electron chi connectivity index (χ4n) is 1.35. The minimum absolute atomic E-state index is 0.237. The number of hydrogen-bond acceptors (Lipinski definition) is 5. The predicted molar refractivity (Wildman–Crippen MR) is 71.6 cm³/mol. The van der Waals surface area contributed by atoms with Crippen LogP contribution in [0.2, 0.25) is 0 Å². The summed E-state index contributed by atoms with van der Waals surface area (Å²) in [4.78, 5) is 23.3. The van der Waals surface area contributed by atoms with E-state index in [-0.39, 0.29) is 11.5 Å². The van der Waals surface area contributed by atoms with E-state index in [2.05, 4.69) is 26.3 Å². The fourth-order valence-corrected chi connectivity index (χ4v) is 1.77. The number of esters is 1. The van der Waals surface area contributed by atoms with Crippen molar-refractivity contribution >= 4 is 27.6 Å². The summed E-state index contributed by atoms with van der Waals surface area (Å²) in [5.41, 5.74) is 0.240. The van der Waals surface area contributed by atoms with Gasteiger partial charge in [0.05, 0.1) is 18.5 Å². The van der Waals surface area contributed by atoms with Crippen molar-refractivity contribution in [2.45, 2.75) is 33.4 Å². The molecule has 1 aromatic rings. The molecule has 0 amide bonds. The Morgan fingerprint density at radius 3 is 2.83 bits per heavy atom. The summed E-state index contributed by atoms with van der Waals surface area (Å²) >= 11 is 3.20. The number of halogens is 1. The van der Waals surface area contributed by atoms with Crippen molar-refractivity contribution in [3.8, 4) is 0 Å². The standard InChI is InChI=1S/C11H16BrN3O3/c1-4-15-10(16)9(12)8(6-13-15)14-7(3)11(17)18-5-2/h6-7,14H,4-5H2,1-3H3. The zero-order valence-electron chi connectivity index (χ0n) is 10.6. The summed E-state index contributed by atoms with van der Waals surface area (Å²) in [7, 11) is 0. The number of aromatic nitrogens is 2. The van der Waals surface area contributed by atoms with Gasteiger partial charge in [-0.05, 0) is 36.7 Å². The molecule has 6 nitrogen and oxygen atoms in total. The summed E-state index contributed by atoms with van der Waals surface area (Å²) in [5.74, 6) is -0.371. The van der Waals surface area contributed by atoms with Crippen LogP contribution in [0.25, 0.3) is 0 Å². The SMILES string of the molecule is CCOC(=O)C(C)Nc1cnn(CC)c(=O)c1Br. The molecule has 0 aliphatic rings. The van der Waals surface area contributed by atoms with Crippen LogP contribution in [0.4, 0.5) is 5.69 Å². The first-order valence-electron chi connectivity index (χ1n) is 5.70. The molecule has 100 valence electrons. The molecule has 0 fully saturated rings. The highest BCUT2D eigenvalue weighted by Gasteiger charge is 2.16. The fraction of sp³-hybridized carbons (Fsp3) is 0.545. The Morgan fingerprint density at radius 2 is 2.28 bits per heavy atom. The highest BCUT2D eigenvalue weighted by Crippen LogP contribution is 2.17. The van der Waals surface area contributed by atoms with E-state index < -0.39 is 6.04 Å². The minimum atomic E-state index is -0.542. The maximum Gasteiger partial charge on any atom is 0.328 e. The van der Waals surface area contributed by atoms with Crippen molar-refractivity contribution in [1.82, 2.24) is 9.78 Å². The zero-order chi connectivity index (χ0) is 13.7. The van der Waals surface area contributed by atoms with E-state index in [4.69, 9.17) is 4.74 Å². The number of anilines is 1. The Bertz CT molecular complexity index is 487. The van der Waals surface area contributed by atoms with Crippen LogP contribution < -0.4 is 10.9 Å². The lowest BCUT2D eigenvalue weighted by molar-refractivity contribution is -0.143. The van der Waals surface area contributed by atoms with Gasteiger partial charge in [0, 0.05) is 6.54 Å². The molecule has 0 bridgehead atoms. The second-order valence-corrected chi connectivity index (χ2v) is 4.40. The van der Waals surface area contributed by atoms with Crippen LogP contribution in [0.3, 0.4) is 0 Å². The lowest BCUT2D eigenvalue weighted by Gasteiger charge is -2.15. The first-order valence-corrected chi connectivity index (χ1v) is 6.49. The number of carbonyl (C=O) groups excluding carboxylic acids is 1. The van der Waals surface area contributed by atoms with E-state index in [1.165, 1.54) is 10.9 Å². The average molecular weight is 318 g/mol.